The van der Waals surface area contributed by atoms with Gasteiger partial charge in [-0.15, -0.1) is 0 Å². The summed E-state index contributed by atoms with van der Waals surface area (Å²) in [7, 11) is 0. The van der Waals surface area contributed by atoms with E-state index in [0.717, 1.165) is 11.1 Å². The van der Waals surface area contributed by atoms with Crippen LogP contribution in [-0.2, 0) is 0 Å². The number of aromatic nitrogens is 1. The van der Waals surface area contributed by atoms with Gasteiger partial charge >= 0.3 is 0 Å². The van der Waals surface area contributed by atoms with E-state index in [1.54, 1.807) is 18.3 Å². The molecule has 3 nitrogen and oxygen atoms in total. The van der Waals surface area contributed by atoms with Crippen molar-refractivity contribution in [3.63, 3.8) is 0 Å². The molecule has 0 aliphatic rings. The summed E-state index contributed by atoms with van der Waals surface area (Å²) in [4.78, 5) is 4.22. The maximum absolute atomic E-state index is 12.9. The number of hydrogen-bond donors (Lipinski definition) is 2. The highest BCUT2D eigenvalue weighted by Crippen LogP contribution is 2.13. The highest BCUT2D eigenvalue weighted by Gasteiger charge is 2.07. The van der Waals surface area contributed by atoms with Gasteiger partial charge in [-0.3, -0.25) is 0 Å². The van der Waals surface area contributed by atoms with Crippen LogP contribution in [0.3, 0.4) is 0 Å². The Kier molecular flexibility index (Phi) is 4.63. The molecule has 1 atom stereocenters. The van der Waals surface area contributed by atoms with Crippen molar-refractivity contribution in [3.8, 4) is 0 Å². The summed E-state index contributed by atoms with van der Waals surface area (Å²) in [5.74, 6) is 0.449. The van der Waals surface area contributed by atoms with Gasteiger partial charge in [0.25, 0.3) is 0 Å². The van der Waals surface area contributed by atoms with Gasteiger partial charge in [-0.1, -0.05) is 18.2 Å². The standard InChI is InChI=1S/C15H16FN3S/c1-10-3-8-14(17-9-10)19-15(20)18-11(2)12-4-6-13(16)7-5-12/h3-9,11H,1-2H3,(H2,17,18,19,20)/t11-/m0/s1. The van der Waals surface area contributed by atoms with Crippen LogP contribution in [0, 0.1) is 12.7 Å². The van der Waals surface area contributed by atoms with Gasteiger partial charge in [0.1, 0.15) is 11.6 Å². The maximum atomic E-state index is 12.9. The van der Waals surface area contributed by atoms with Gasteiger partial charge in [0.05, 0.1) is 6.04 Å². The van der Waals surface area contributed by atoms with E-state index in [4.69, 9.17) is 12.2 Å². The summed E-state index contributed by atoms with van der Waals surface area (Å²) < 4.78 is 12.9. The highest BCUT2D eigenvalue weighted by molar-refractivity contribution is 7.80. The summed E-state index contributed by atoms with van der Waals surface area (Å²) in [6.45, 7) is 3.94. The van der Waals surface area contributed by atoms with Crippen LogP contribution in [0.4, 0.5) is 10.2 Å². The number of pyridine rings is 1. The molecule has 2 aromatic rings. The minimum Gasteiger partial charge on any atom is -0.356 e. The number of benzene rings is 1. The van der Waals surface area contributed by atoms with E-state index in [1.807, 2.05) is 26.0 Å². The molecule has 104 valence electrons. The molecule has 0 aliphatic heterocycles. The Labute approximate surface area is 123 Å². The Morgan fingerprint density at radius 3 is 2.50 bits per heavy atom. The Hall–Kier alpha value is -2.01. The lowest BCUT2D eigenvalue weighted by Crippen LogP contribution is -2.31. The fraction of sp³-hybridized carbons (Fsp3) is 0.200. The zero-order valence-corrected chi connectivity index (χ0v) is 12.2. The zero-order chi connectivity index (χ0) is 14.5. The minimum absolute atomic E-state index is 0.0129. The van der Waals surface area contributed by atoms with Crippen molar-refractivity contribution in [3.05, 3.63) is 59.5 Å². The average Bonchev–Trinajstić information content (AvgIpc) is 2.42. The highest BCUT2D eigenvalue weighted by atomic mass is 32.1. The number of hydrogen-bond acceptors (Lipinski definition) is 2. The molecule has 1 heterocycles. The van der Waals surface area contributed by atoms with Crippen LogP contribution in [0.2, 0.25) is 0 Å². The normalized spacial score (nSPS) is 11.8. The third-order valence-electron chi connectivity index (χ3n) is 2.87. The Bertz CT molecular complexity index is 581. The van der Waals surface area contributed by atoms with Crippen LogP contribution in [0.5, 0.6) is 0 Å². The van der Waals surface area contributed by atoms with E-state index < -0.39 is 0 Å². The molecule has 0 amide bonds. The molecule has 0 bridgehead atoms. The van der Waals surface area contributed by atoms with E-state index >= 15 is 0 Å². The largest absolute Gasteiger partial charge is 0.356 e. The fourth-order valence-corrected chi connectivity index (χ4v) is 2.01. The van der Waals surface area contributed by atoms with Gasteiger partial charge < -0.3 is 10.6 Å². The number of aryl methyl sites for hydroxylation is 1. The molecule has 0 unspecified atom stereocenters. The predicted octanol–water partition coefficient (Wildman–Crippen LogP) is 3.58. The van der Waals surface area contributed by atoms with Crippen LogP contribution in [-0.4, -0.2) is 10.1 Å². The quantitative estimate of drug-likeness (QED) is 0.847. The van der Waals surface area contributed by atoms with Gasteiger partial charge in [0, 0.05) is 6.20 Å². The lowest BCUT2D eigenvalue weighted by molar-refractivity contribution is 0.624. The minimum atomic E-state index is -0.245. The number of thiocarbonyl (C=S) groups is 1. The van der Waals surface area contributed by atoms with Crippen LogP contribution in [0.25, 0.3) is 0 Å². The van der Waals surface area contributed by atoms with Crippen molar-refractivity contribution in [2.75, 3.05) is 5.32 Å². The lowest BCUT2D eigenvalue weighted by Gasteiger charge is -2.17. The van der Waals surface area contributed by atoms with Crippen molar-refractivity contribution in [1.82, 2.24) is 10.3 Å². The smallest absolute Gasteiger partial charge is 0.172 e. The topological polar surface area (TPSA) is 37.0 Å². The Morgan fingerprint density at radius 1 is 1.20 bits per heavy atom. The van der Waals surface area contributed by atoms with Crippen LogP contribution >= 0.6 is 12.2 Å². The Morgan fingerprint density at radius 2 is 1.90 bits per heavy atom. The first-order valence-corrected chi connectivity index (χ1v) is 6.71. The number of nitrogens with one attached hydrogen (secondary N) is 2. The molecule has 1 aromatic carbocycles. The predicted molar refractivity (Wildman–Crippen MR) is 83.1 cm³/mol. The molecule has 0 aliphatic carbocycles. The third-order valence-corrected chi connectivity index (χ3v) is 3.09. The first-order chi connectivity index (χ1) is 9.54. The molecule has 1 aromatic heterocycles. The summed E-state index contributed by atoms with van der Waals surface area (Å²) in [6.07, 6.45) is 1.77. The summed E-state index contributed by atoms with van der Waals surface area (Å²) >= 11 is 5.23. The Balaban J connectivity index is 1.93. The average molecular weight is 289 g/mol. The van der Waals surface area contributed by atoms with Gasteiger partial charge in [0.2, 0.25) is 0 Å². The van der Waals surface area contributed by atoms with Gasteiger partial charge in [0.15, 0.2) is 5.11 Å². The van der Waals surface area contributed by atoms with Gasteiger partial charge in [-0.2, -0.15) is 0 Å². The van der Waals surface area contributed by atoms with E-state index in [9.17, 15) is 4.39 Å². The lowest BCUT2D eigenvalue weighted by atomic mass is 10.1. The molecule has 5 heteroatoms. The number of rotatable bonds is 3. The molecule has 2 N–H and O–H groups in total. The molecule has 0 spiro atoms. The molecule has 0 fully saturated rings. The molecular formula is C15H16FN3S. The zero-order valence-electron chi connectivity index (χ0n) is 11.4. The number of nitrogens with zero attached hydrogens (tertiary/aromatic N) is 1. The SMILES string of the molecule is Cc1ccc(NC(=S)N[C@@H](C)c2ccc(F)cc2)nc1. The van der Waals surface area contributed by atoms with Crippen molar-refractivity contribution in [2.45, 2.75) is 19.9 Å². The van der Waals surface area contributed by atoms with Crippen molar-refractivity contribution < 1.29 is 4.39 Å². The van der Waals surface area contributed by atoms with Crippen molar-refractivity contribution >= 4 is 23.1 Å². The molecule has 20 heavy (non-hydrogen) atoms. The first-order valence-electron chi connectivity index (χ1n) is 6.30. The fourth-order valence-electron chi connectivity index (χ4n) is 1.73. The van der Waals surface area contributed by atoms with E-state index in [1.165, 1.54) is 12.1 Å². The van der Waals surface area contributed by atoms with E-state index in [-0.39, 0.29) is 11.9 Å². The van der Waals surface area contributed by atoms with Crippen LogP contribution in [0.1, 0.15) is 24.1 Å². The number of halogens is 1. The van der Waals surface area contributed by atoms with Crippen molar-refractivity contribution in [2.24, 2.45) is 0 Å². The summed E-state index contributed by atoms with van der Waals surface area (Å²) in [5.41, 5.74) is 2.06. The molecule has 0 saturated carbocycles. The second-order valence-corrected chi connectivity index (χ2v) is 5.00. The number of anilines is 1. The summed E-state index contributed by atoms with van der Waals surface area (Å²) in [6, 6.07) is 10.2. The monoisotopic (exact) mass is 289 g/mol. The van der Waals surface area contributed by atoms with Crippen LogP contribution in [0.15, 0.2) is 42.6 Å². The van der Waals surface area contributed by atoms with E-state index in [2.05, 4.69) is 15.6 Å². The van der Waals surface area contributed by atoms with Gasteiger partial charge in [-0.05, 0) is 55.4 Å². The van der Waals surface area contributed by atoms with Gasteiger partial charge in [-0.25, -0.2) is 9.37 Å². The summed E-state index contributed by atoms with van der Waals surface area (Å²) in [5, 5.41) is 6.64. The molecule has 2 rings (SSSR count). The second kappa shape index (κ2) is 6.43. The first kappa shape index (κ1) is 14.4. The maximum Gasteiger partial charge on any atom is 0.172 e. The molecule has 0 radical (unpaired) electrons. The van der Waals surface area contributed by atoms with Crippen LogP contribution < -0.4 is 10.6 Å². The third kappa shape index (κ3) is 3.99. The molecule has 0 saturated heterocycles. The van der Waals surface area contributed by atoms with E-state index in [0.29, 0.717) is 10.9 Å². The van der Waals surface area contributed by atoms with Crippen molar-refractivity contribution in [1.29, 1.82) is 0 Å². The molecular weight excluding hydrogens is 273 g/mol. The second-order valence-electron chi connectivity index (χ2n) is 4.59.